The minimum Gasteiger partial charge on any atom is -0.508 e. The molecule has 4 saturated carbocycles. The van der Waals surface area contributed by atoms with Crippen LogP contribution in [0.15, 0.2) is 36.4 Å². The second kappa shape index (κ2) is 7.02. The third-order valence-electron chi connectivity index (χ3n) is 10.1. The molecule has 0 aliphatic heterocycles. The Morgan fingerprint density at radius 2 is 1.28 bits per heavy atom. The molecule has 2 aromatic rings. The highest BCUT2D eigenvalue weighted by molar-refractivity contribution is 5.51. The van der Waals surface area contributed by atoms with Crippen molar-refractivity contribution in [1.82, 2.24) is 0 Å². The molecule has 2 heteroatoms. The fourth-order valence-corrected chi connectivity index (χ4v) is 8.63. The number of phenols is 2. The summed E-state index contributed by atoms with van der Waals surface area (Å²) in [5.74, 6) is 2.89. The van der Waals surface area contributed by atoms with Crippen LogP contribution in [0.2, 0.25) is 0 Å². The van der Waals surface area contributed by atoms with E-state index in [0.717, 1.165) is 35.1 Å². The maximum Gasteiger partial charge on any atom is 0.119 e. The quantitative estimate of drug-likeness (QED) is 0.521. The van der Waals surface area contributed by atoms with Crippen LogP contribution in [0, 0.1) is 42.4 Å². The van der Waals surface area contributed by atoms with Crippen LogP contribution in [0.4, 0.5) is 0 Å². The molecular formula is C30H40O2. The van der Waals surface area contributed by atoms with E-state index in [2.05, 4.69) is 58.9 Å². The van der Waals surface area contributed by atoms with Gasteiger partial charge in [0.25, 0.3) is 0 Å². The molecule has 172 valence electrons. The Morgan fingerprint density at radius 3 is 1.78 bits per heavy atom. The molecule has 4 fully saturated rings. The van der Waals surface area contributed by atoms with Gasteiger partial charge in [-0.2, -0.15) is 0 Å². The van der Waals surface area contributed by atoms with E-state index >= 15 is 0 Å². The largest absolute Gasteiger partial charge is 0.508 e. The number of aryl methyl sites for hydroxylation is 2. The normalized spacial score (nSPS) is 35.8. The number of hydrogen-bond acceptors (Lipinski definition) is 2. The van der Waals surface area contributed by atoms with Crippen LogP contribution >= 0.6 is 0 Å². The van der Waals surface area contributed by atoms with Crippen molar-refractivity contribution in [2.45, 2.75) is 85.0 Å². The number of benzene rings is 2. The van der Waals surface area contributed by atoms with Gasteiger partial charge in [-0.1, -0.05) is 52.0 Å². The highest BCUT2D eigenvalue weighted by atomic mass is 16.3. The molecule has 2 aromatic carbocycles. The molecule has 2 nitrogen and oxygen atoms in total. The number of aromatic hydroxyl groups is 2. The first kappa shape index (κ1) is 21.9. The number of phenolic OH excluding ortho intramolecular Hbond substituents is 2. The molecule has 4 aliphatic rings. The Labute approximate surface area is 194 Å². The van der Waals surface area contributed by atoms with Crippen LogP contribution in [0.1, 0.15) is 88.0 Å². The van der Waals surface area contributed by atoms with E-state index in [4.69, 9.17) is 0 Å². The van der Waals surface area contributed by atoms with Crippen LogP contribution in [-0.2, 0) is 5.41 Å². The summed E-state index contributed by atoms with van der Waals surface area (Å²) < 4.78 is 0. The standard InChI is InChI=1S/C30H40O2/c1-18(2)28-13-22-14-29(15-28,19(3)4)17-30(16-28,24-10-8-21(6)12-26(24)32)27(22)23-9-7-20(5)11-25(23)31/h7-12,18-19,22,27,31-32H,13-17H2,1-6H3. The zero-order valence-electron chi connectivity index (χ0n) is 20.7. The maximum absolute atomic E-state index is 11.3. The van der Waals surface area contributed by atoms with Crippen molar-refractivity contribution in [3.63, 3.8) is 0 Å². The van der Waals surface area contributed by atoms with Crippen LogP contribution in [0.3, 0.4) is 0 Å². The molecule has 0 saturated heterocycles. The van der Waals surface area contributed by atoms with Crippen LogP contribution in [-0.4, -0.2) is 10.2 Å². The molecule has 4 bridgehead atoms. The maximum atomic E-state index is 11.3. The van der Waals surface area contributed by atoms with Crippen molar-refractivity contribution in [3.05, 3.63) is 58.7 Å². The van der Waals surface area contributed by atoms with Crippen LogP contribution < -0.4 is 0 Å². The fourth-order valence-electron chi connectivity index (χ4n) is 8.63. The topological polar surface area (TPSA) is 40.5 Å². The van der Waals surface area contributed by atoms with Crippen molar-refractivity contribution in [3.8, 4) is 11.5 Å². The Morgan fingerprint density at radius 1 is 0.750 bits per heavy atom. The Bertz CT molecular complexity index is 1020. The minimum atomic E-state index is -0.140. The summed E-state index contributed by atoms with van der Waals surface area (Å²) in [5, 5.41) is 22.4. The van der Waals surface area contributed by atoms with Crippen molar-refractivity contribution in [2.24, 2.45) is 28.6 Å². The molecule has 0 amide bonds. The van der Waals surface area contributed by atoms with Gasteiger partial charge in [0.15, 0.2) is 0 Å². The van der Waals surface area contributed by atoms with Crippen LogP contribution in [0.5, 0.6) is 11.5 Å². The lowest BCUT2D eigenvalue weighted by Gasteiger charge is -2.72. The van der Waals surface area contributed by atoms with E-state index in [1.807, 2.05) is 19.1 Å². The second-order valence-corrected chi connectivity index (χ2v) is 12.4. The molecule has 32 heavy (non-hydrogen) atoms. The summed E-state index contributed by atoms with van der Waals surface area (Å²) in [7, 11) is 0. The van der Waals surface area contributed by atoms with Gasteiger partial charge in [0, 0.05) is 16.9 Å². The summed E-state index contributed by atoms with van der Waals surface area (Å²) >= 11 is 0. The molecule has 4 aliphatic carbocycles. The molecule has 0 heterocycles. The van der Waals surface area contributed by atoms with Gasteiger partial charge in [-0.3, -0.25) is 0 Å². The molecule has 6 rings (SSSR count). The molecule has 2 N–H and O–H groups in total. The van der Waals surface area contributed by atoms with E-state index in [9.17, 15) is 10.2 Å². The number of hydrogen-bond donors (Lipinski definition) is 2. The average Bonchev–Trinajstić information content (AvgIpc) is 2.68. The third kappa shape index (κ3) is 2.90. The molecule has 3 unspecified atom stereocenters. The van der Waals surface area contributed by atoms with Gasteiger partial charge in [0.05, 0.1) is 0 Å². The molecule has 3 atom stereocenters. The van der Waals surface area contributed by atoms with E-state index in [-0.39, 0.29) is 11.3 Å². The minimum absolute atomic E-state index is 0.140. The first-order chi connectivity index (χ1) is 15.0. The predicted octanol–water partition coefficient (Wildman–Crippen LogP) is 7.63. The van der Waals surface area contributed by atoms with Crippen LogP contribution in [0.25, 0.3) is 0 Å². The molecule has 0 aromatic heterocycles. The van der Waals surface area contributed by atoms with Gasteiger partial charge in [0.1, 0.15) is 11.5 Å². The Hall–Kier alpha value is -1.96. The molecular weight excluding hydrogens is 392 g/mol. The van der Waals surface area contributed by atoms with Gasteiger partial charge >= 0.3 is 0 Å². The van der Waals surface area contributed by atoms with E-state index in [1.165, 1.54) is 19.3 Å². The lowest BCUT2D eigenvalue weighted by Crippen LogP contribution is -2.64. The first-order valence-electron chi connectivity index (χ1n) is 12.6. The summed E-state index contributed by atoms with van der Waals surface area (Å²) in [6.07, 6.45) is 6.01. The highest BCUT2D eigenvalue weighted by Crippen LogP contribution is 2.77. The fraction of sp³-hybridized carbons (Fsp3) is 0.600. The van der Waals surface area contributed by atoms with E-state index in [0.29, 0.717) is 40.1 Å². The van der Waals surface area contributed by atoms with Gasteiger partial charge in [0.2, 0.25) is 0 Å². The average molecular weight is 433 g/mol. The zero-order chi connectivity index (χ0) is 23.1. The Kier molecular flexibility index (Phi) is 4.79. The van der Waals surface area contributed by atoms with Gasteiger partial charge in [-0.25, -0.2) is 0 Å². The summed E-state index contributed by atoms with van der Waals surface area (Å²) in [5.41, 5.74) is 4.88. The summed E-state index contributed by atoms with van der Waals surface area (Å²) in [6.45, 7) is 13.8. The van der Waals surface area contributed by atoms with Crippen molar-refractivity contribution in [1.29, 1.82) is 0 Å². The van der Waals surface area contributed by atoms with Crippen molar-refractivity contribution >= 4 is 0 Å². The summed E-state index contributed by atoms with van der Waals surface area (Å²) in [6, 6.07) is 12.6. The monoisotopic (exact) mass is 432 g/mol. The summed E-state index contributed by atoms with van der Waals surface area (Å²) in [4.78, 5) is 0. The zero-order valence-corrected chi connectivity index (χ0v) is 20.7. The van der Waals surface area contributed by atoms with Gasteiger partial charge < -0.3 is 10.2 Å². The van der Waals surface area contributed by atoms with Crippen molar-refractivity contribution in [2.75, 3.05) is 0 Å². The SMILES string of the molecule is Cc1ccc(C2C3CC4(C(C)C)CC(C(C)C)(C3)CC2(c2ccc(C)cc2O)C4)c(O)c1. The van der Waals surface area contributed by atoms with E-state index in [1.54, 1.807) is 0 Å². The smallest absolute Gasteiger partial charge is 0.119 e. The lowest BCUT2D eigenvalue weighted by molar-refractivity contribution is -0.175. The highest BCUT2D eigenvalue weighted by Gasteiger charge is 2.69. The second-order valence-electron chi connectivity index (χ2n) is 12.4. The van der Waals surface area contributed by atoms with Gasteiger partial charge in [-0.05, 0) is 103 Å². The molecule has 0 radical (unpaired) electrons. The predicted molar refractivity (Wildman–Crippen MR) is 131 cm³/mol. The first-order valence-corrected chi connectivity index (χ1v) is 12.6. The molecule has 0 spiro atoms. The lowest BCUT2D eigenvalue weighted by atomic mass is 9.32. The van der Waals surface area contributed by atoms with Gasteiger partial charge in [-0.15, -0.1) is 0 Å². The van der Waals surface area contributed by atoms with Crippen molar-refractivity contribution < 1.29 is 10.2 Å². The Balaban J connectivity index is 1.79. The number of rotatable bonds is 4. The van der Waals surface area contributed by atoms with E-state index < -0.39 is 0 Å². The third-order valence-corrected chi connectivity index (χ3v) is 10.1.